The fourth-order valence-electron chi connectivity index (χ4n) is 1.82. The minimum atomic E-state index is 0.512. The number of hydrogen-bond acceptors (Lipinski definition) is 2. The Bertz CT molecular complexity index is 497. The number of fused-ring (bicyclic) bond motifs is 1. The summed E-state index contributed by atoms with van der Waals surface area (Å²) in [7, 11) is 0. The fourth-order valence-corrected chi connectivity index (χ4v) is 1.82. The highest BCUT2D eigenvalue weighted by molar-refractivity contribution is 5.73. The Morgan fingerprint density at radius 3 is 3.07 bits per heavy atom. The van der Waals surface area contributed by atoms with Crippen LogP contribution in [0, 0.1) is 0 Å². The van der Waals surface area contributed by atoms with Crippen molar-refractivity contribution >= 4 is 11.9 Å². The van der Waals surface area contributed by atoms with Crippen LogP contribution in [0.3, 0.4) is 0 Å². The van der Waals surface area contributed by atoms with Gasteiger partial charge in [-0.1, -0.05) is 6.07 Å². The molecule has 0 radical (unpaired) electrons. The van der Waals surface area contributed by atoms with Gasteiger partial charge >= 0.3 is 0 Å². The Labute approximate surface area is 81.4 Å². The maximum Gasteiger partial charge on any atom is 0.170 e. The number of hydrogen-bond donors (Lipinski definition) is 0. The molecule has 2 aromatic heterocycles. The second-order valence-corrected chi connectivity index (χ2v) is 3.75. The second-order valence-electron chi connectivity index (χ2n) is 3.75. The largest absolute Gasteiger partial charge is 0.306 e. The van der Waals surface area contributed by atoms with Gasteiger partial charge in [-0.05, 0) is 30.4 Å². The number of aldehydes is 1. The second kappa shape index (κ2) is 2.67. The molecule has 1 aliphatic carbocycles. The van der Waals surface area contributed by atoms with Gasteiger partial charge < -0.3 is 4.40 Å². The first-order valence-corrected chi connectivity index (χ1v) is 4.81. The Hall–Kier alpha value is -1.64. The summed E-state index contributed by atoms with van der Waals surface area (Å²) < 4.78 is 1.93. The molecule has 0 N–H and O–H groups in total. The van der Waals surface area contributed by atoms with E-state index in [0.29, 0.717) is 11.6 Å². The smallest absolute Gasteiger partial charge is 0.170 e. The summed E-state index contributed by atoms with van der Waals surface area (Å²) in [5.41, 5.74) is 2.73. The average Bonchev–Trinajstić information content (AvgIpc) is 2.96. The molecule has 2 heterocycles. The van der Waals surface area contributed by atoms with Gasteiger partial charge in [0, 0.05) is 12.4 Å². The molecule has 3 heteroatoms. The van der Waals surface area contributed by atoms with Crippen LogP contribution in [-0.4, -0.2) is 15.7 Å². The van der Waals surface area contributed by atoms with Crippen LogP contribution in [0.1, 0.15) is 34.8 Å². The van der Waals surface area contributed by atoms with Crippen LogP contribution < -0.4 is 0 Å². The molecule has 2 aromatic rings. The first-order chi connectivity index (χ1) is 6.88. The van der Waals surface area contributed by atoms with Crippen molar-refractivity contribution in [3.8, 4) is 0 Å². The van der Waals surface area contributed by atoms with E-state index in [1.165, 1.54) is 18.4 Å². The Morgan fingerprint density at radius 1 is 1.50 bits per heavy atom. The van der Waals surface area contributed by atoms with E-state index in [2.05, 4.69) is 11.1 Å². The lowest BCUT2D eigenvalue weighted by Crippen LogP contribution is -1.88. The molecule has 0 unspecified atom stereocenters. The molecule has 1 saturated carbocycles. The molecule has 1 aliphatic rings. The lowest BCUT2D eigenvalue weighted by Gasteiger charge is -1.99. The van der Waals surface area contributed by atoms with E-state index in [9.17, 15) is 4.79 Å². The van der Waals surface area contributed by atoms with E-state index in [0.717, 1.165) is 11.9 Å². The van der Waals surface area contributed by atoms with Gasteiger partial charge in [0.05, 0.1) is 0 Å². The topological polar surface area (TPSA) is 34.4 Å². The molecule has 1 fully saturated rings. The molecule has 3 rings (SSSR count). The van der Waals surface area contributed by atoms with Crippen molar-refractivity contribution in [3.05, 3.63) is 35.8 Å². The molecular weight excluding hydrogens is 176 g/mol. The summed E-state index contributed by atoms with van der Waals surface area (Å²) >= 11 is 0. The van der Waals surface area contributed by atoms with Crippen molar-refractivity contribution in [2.24, 2.45) is 0 Å². The summed E-state index contributed by atoms with van der Waals surface area (Å²) in [5, 5.41) is 0. The molecule has 0 saturated heterocycles. The summed E-state index contributed by atoms with van der Waals surface area (Å²) in [6, 6.07) is 4.12. The predicted molar refractivity (Wildman–Crippen MR) is 52.6 cm³/mol. The predicted octanol–water partition coefficient (Wildman–Crippen LogP) is 2.02. The van der Waals surface area contributed by atoms with Gasteiger partial charge in [0.1, 0.15) is 11.3 Å². The molecule has 0 aromatic carbocycles. The molecular formula is C11H10N2O. The monoisotopic (exact) mass is 186 g/mol. The number of rotatable bonds is 2. The van der Waals surface area contributed by atoms with E-state index in [1.807, 2.05) is 16.7 Å². The van der Waals surface area contributed by atoms with Crippen LogP contribution in [0.2, 0.25) is 0 Å². The van der Waals surface area contributed by atoms with Crippen molar-refractivity contribution in [1.29, 1.82) is 0 Å². The van der Waals surface area contributed by atoms with Crippen LogP contribution in [0.15, 0.2) is 24.5 Å². The number of imidazole rings is 1. The van der Waals surface area contributed by atoms with Crippen LogP contribution in [0.4, 0.5) is 0 Å². The number of aromatic nitrogens is 2. The number of carbonyl (C=O) groups excluding carboxylic acids is 1. The van der Waals surface area contributed by atoms with Crippen molar-refractivity contribution in [3.63, 3.8) is 0 Å². The van der Waals surface area contributed by atoms with Crippen LogP contribution in [0.25, 0.3) is 5.65 Å². The molecule has 3 nitrogen and oxygen atoms in total. The average molecular weight is 186 g/mol. The van der Waals surface area contributed by atoms with Crippen molar-refractivity contribution in [1.82, 2.24) is 9.38 Å². The van der Waals surface area contributed by atoms with E-state index in [-0.39, 0.29) is 0 Å². The van der Waals surface area contributed by atoms with Gasteiger partial charge in [0.25, 0.3) is 0 Å². The normalized spacial score (nSPS) is 16.0. The Balaban J connectivity index is 2.28. The molecule has 0 amide bonds. The molecule has 14 heavy (non-hydrogen) atoms. The van der Waals surface area contributed by atoms with E-state index >= 15 is 0 Å². The van der Waals surface area contributed by atoms with Gasteiger partial charge in [-0.25, -0.2) is 4.98 Å². The molecule has 0 spiro atoms. The molecule has 0 atom stereocenters. The third-order valence-electron chi connectivity index (χ3n) is 2.67. The Kier molecular flexibility index (Phi) is 1.48. The Morgan fingerprint density at radius 2 is 2.36 bits per heavy atom. The third-order valence-corrected chi connectivity index (χ3v) is 2.67. The van der Waals surface area contributed by atoms with Gasteiger partial charge in [-0.15, -0.1) is 0 Å². The highest BCUT2D eigenvalue weighted by Gasteiger charge is 2.26. The van der Waals surface area contributed by atoms with Gasteiger partial charge in [-0.2, -0.15) is 0 Å². The van der Waals surface area contributed by atoms with E-state index in [4.69, 9.17) is 0 Å². The minimum absolute atomic E-state index is 0.512. The van der Waals surface area contributed by atoms with Crippen LogP contribution in [0.5, 0.6) is 0 Å². The van der Waals surface area contributed by atoms with Crippen molar-refractivity contribution in [2.75, 3.05) is 0 Å². The first kappa shape index (κ1) is 7.74. The quantitative estimate of drug-likeness (QED) is 0.672. The maximum atomic E-state index is 10.6. The zero-order valence-corrected chi connectivity index (χ0v) is 7.68. The van der Waals surface area contributed by atoms with E-state index in [1.54, 1.807) is 6.20 Å². The zero-order valence-electron chi connectivity index (χ0n) is 7.68. The summed E-state index contributed by atoms with van der Waals surface area (Å²) in [6.07, 6.45) is 7.00. The van der Waals surface area contributed by atoms with Gasteiger partial charge in [-0.3, -0.25) is 4.79 Å². The summed E-state index contributed by atoms with van der Waals surface area (Å²) in [5.74, 6) is 0.667. The zero-order chi connectivity index (χ0) is 9.54. The fraction of sp³-hybridized carbons (Fsp3) is 0.273. The highest BCUT2D eigenvalue weighted by atomic mass is 16.1. The summed E-state index contributed by atoms with van der Waals surface area (Å²) in [4.78, 5) is 14.9. The number of pyridine rings is 1. The maximum absolute atomic E-state index is 10.6. The summed E-state index contributed by atoms with van der Waals surface area (Å²) in [6.45, 7) is 0. The number of carbonyl (C=O) groups is 1. The molecule has 70 valence electrons. The lowest BCUT2D eigenvalue weighted by molar-refractivity contribution is 0.111. The standard InChI is InChI=1S/C11H10N2O/c14-7-9-6-13-5-1-2-10(8-3-4-8)11(13)12-9/h1-2,5-8H,3-4H2. The molecule has 0 aliphatic heterocycles. The van der Waals surface area contributed by atoms with Crippen molar-refractivity contribution < 1.29 is 4.79 Å². The molecule has 0 bridgehead atoms. The minimum Gasteiger partial charge on any atom is -0.306 e. The lowest BCUT2D eigenvalue weighted by atomic mass is 10.2. The first-order valence-electron chi connectivity index (χ1n) is 4.81. The van der Waals surface area contributed by atoms with Crippen LogP contribution in [-0.2, 0) is 0 Å². The highest BCUT2D eigenvalue weighted by Crippen LogP contribution is 2.41. The third kappa shape index (κ3) is 1.05. The van der Waals surface area contributed by atoms with Gasteiger partial charge in [0.2, 0.25) is 0 Å². The van der Waals surface area contributed by atoms with Crippen LogP contribution >= 0.6 is 0 Å². The number of nitrogens with zero attached hydrogens (tertiary/aromatic N) is 2. The van der Waals surface area contributed by atoms with Crippen molar-refractivity contribution in [2.45, 2.75) is 18.8 Å². The van der Waals surface area contributed by atoms with Gasteiger partial charge in [0.15, 0.2) is 6.29 Å². The SMILES string of the molecule is O=Cc1cn2cccc(C3CC3)c2n1. The van der Waals surface area contributed by atoms with E-state index < -0.39 is 0 Å².